The van der Waals surface area contributed by atoms with Crippen molar-refractivity contribution >= 4 is 29.1 Å². The molecular formula is C22H23NO3S. The fourth-order valence-corrected chi connectivity index (χ4v) is 4.04. The van der Waals surface area contributed by atoms with Gasteiger partial charge in [0.1, 0.15) is 0 Å². The van der Waals surface area contributed by atoms with Gasteiger partial charge in [0.05, 0.1) is 23.6 Å². The Morgan fingerprint density at radius 2 is 1.70 bits per heavy atom. The van der Waals surface area contributed by atoms with Gasteiger partial charge in [-0.15, -0.1) is 11.8 Å². The van der Waals surface area contributed by atoms with Crippen molar-refractivity contribution in [2.24, 2.45) is 0 Å². The maximum atomic E-state index is 13.0. The first-order valence-corrected chi connectivity index (χ1v) is 9.85. The third kappa shape index (κ3) is 4.15. The molecule has 5 heteroatoms. The summed E-state index contributed by atoms with van der Waals surface area (Å²) in [6, 6.07) is 15.9. The number of methoxy groups -OCH3 is 1. The molecule has 0 bridgehead atoms. The monoisotopic (exact) mass is 381 g/mol. The summed E-state index contributed by atoms with van der Waals surface area (Å²) in [6.45, 7) is 4.64. The van der Waals surface area contributed by atoms with Gasteiger partial charge in [0.2, 0.25) is 0 Å². The van der Waals surface area contributed by atoms with Crippen LogP contribution in [-0.2, 0) is 20.1 Å². The zero-order chi connectivity index (χ0) is 19.4. The molecule has 0 fully saturated rings. The van der Waals surface area contributed by atoms with Gasteiger partial charge in [-0.1, -0.05) is 48.5 Å². The lowest BCUT2D eigenvalue weighted by molar-refractivity contribution is -0.137. The predicted octanol–water partition coefficient (Wildman–Crippen LogP) is 3.96. The van der Waals surface area contributed by atoms with E-state index in [1.807, 2.05) is 62.4 Å². The molecule has 0 spiro atoms. The third-order valence-electron chi connectivity index (χ3n) is 4.67. The number of carbonyl (C=O) groups excluding carboxylic acids is 2. The van der Waals surface area contributed by atoms with Gasteiger partial charge >= 0.3 is 0 Å². The Labute approximate surface area is 164 Å². The van der Waals surface area contributed by atoms with Crippen molar-refractivity contribution in [1.82, 2.24) is 4.90 Å². The van der Waals surface area contributed by atoms with Crippen LogP contribution in [0.3, 0.4) is 0 Å². The Morgan fingerprint density at radius 1 is 0.963 bits per heavy atom. The maximum absolute atomic E-state index is 13.0. The molecule has 4 nitrogen and oxygen atoms in total. The van der Waals surface area contributed by atoms with Gasteiger partial charge in [-0.3, -0.25) is 14.5 Å². The second-order valence-electron chi connectivity index (χ2n) is 6.53. The van der Waals surface area contributed by atoms with Gasteiger partial charge in [-0.05, 0) is 36.1 Å². The Balaban J connectivity index is 1.97. The fraction of sp³-hybridized carbons (Fsp3) is 0.273. The van der Waals surface area contributed by atoms with E-state index in [2.05, 4.69) is 0 Å². The molecule has 140 valence electrons. The molecule has 1 heterocycles. The molecule has 0 atom stereocenters. The number of benzene rings is 2. The van der Waals surface area contributed by atoms with E-state index in [1.54, 1.807) is 7.11 Å². The van der Waals surface area contributed by atoms with E-state index in [-0.39, 0.29) is 18.4 Å². The van der Waals surface area contributed by atoms with Crippen LogP contribution in [0.4, 0.5) is 0 Å². The Hall–Kier alpha value is -2.37. The summed E-state index contributed by atoms with van der Waals surface area (Å²) in [5.41, 5.74) is 4.67. The molecule has 3 rings (SSSR count). The van der Waals surface area contributed by atoms with Gasteiger partial charge in [0, 0.05) is 12.9 Å². The number of hydrogen-bond donors (Lipinski definition) is 0. The Bertz CT molecular complexity index is 890. The number of carbonyl (C=O) groups is 2. The summed E-state index contributed by atoms with van der Waals surface area (Å²) >= 11 is 1.43. The van der Waals surface area contributed by atoms with E-state index in [0.717, 1.165) is 22.3 Å². The van der Waals surface area contributed by atoms with Gasteiger partial charge in [0.25, 0.3) is 11.8 Å². The highest BCUT2D eigenvalue weighted by molar-refractivity contribution is 8.03. The van der Waals surface area contributed by atoms with Crippen LogP contribution >= 0.6 is 11.8 Å². The summed E-state index contributed by atoms with van der Waals surface area (Å²) in [6.07, 6.45) is 0. The van der Waals surface area contributed by atoms with Crippen molar-refractivity contribution in [1.29, 1.82) is 0 Å². The van der Waals surface area contributed by atoms with Gasteiger partial charge in [0.15, 0.2) is 0 Å². The molecule has 2 aromatic carbocycles. The van der Waals surface area contributed by atoms with Gasteiger partial charge in [-0.2, -0.15) is 0 Å². The van der Waals surface area contributed by atoms with Crippen LogP contribution in [0.5, 0.6) is 0 Å². The first-order chi connectivity index (χ1) is 13.0. The molecule has 2 aromatic rings. The van der Waals surface area contributed by atoms with Crippen LogP contribution in [0.25, 0.3) is 5.57 Å². The minimum atomic E-state index is -0.240. The van der Waals surface area contributed by atoms with Crippen molar-refractivity contribution in [3.8, 4) is 0 Å². The number of rotatable bonds is 7. The predicted molar refractivity (Wildman–Crippen MR) is 109 cm³/mol. The summed E-state index contributed by atoms with van der Waals surface area (Å²) in [7, 11) is 1.56. The van der Waals surface area contributed by atoms with E-state index < -0.39 is 0 Å². The highest BCUT2D eigenvalue weighted by Crippen LogP contribution is 2.37. The number of thioether (sulfide) groups is 1. The fourth-order valence-electron chi connectivity index (χ4n) is 2.95. The van der Waals surface area contributed by atoms with E-state index in [0.29, 0.717) is 22.8 Å². The lowest BCUT2D eigenvalue weighted by atomic mass is 10.0. The second kappa shape index (κ2) is 8.55. The number of amides is 2. The second-order valence-corrected chi connectivity index (χ2v) is 7.52. The molecule has 0 aromatic heterocycles. The van der Waals surface area contributed by atoms with E-state index >= 15 is 0 Å². The van der Waals surface area contributed by atoms with E-state index in [9.17, 15) is 9.59 Å². The molecule has 0 radical (unpaired) electrons. The first-order valence-electron chi connectivity index (χ1n) is 8.86. The minimum Gasteiger partial charge on any atom is -0.383 e. The molecule has 0 N–H and O–H groups in total. The van der Waals surface area contributed by atoms with E-state index in [1.165, 1.54) is 16.7 Å². The van der Waals surface area contributed by atoms with Crippen LogP contribution in [0.1, 0.15) is 22.3 Å². The SMILES string of the molecule is COCCN1C(=O)C(SCc2ccccc2)=C(c2ccc(C)c(C)c2)C1=O. The Kier molecular flexibility index (Phi) is 6.14. The molecule has 27 heavy (non-hydrogen) atoms. The van der Waals surface area contributed by atoms with Crippen molar-refractivity contribution < 1.29 is 14.3 Å². The average Bonchev–Trinajstić information content (AvgIpc) is 2.91. The topological polar surface area (TPSA) is 46.6 Å². The van der Waals surface area contributed by atoms with Crippen molar-refractivity contribution in [2.45, 2.75) is 19.6 Å². The molecule has 0 aliphatic carbocycles. The van der Waals surface area contributed by atoms with Gasteiger partial charge < -0.3 is 4.74 Å². The van der Waals surface area contributed by atoms with Crippen molar-refractivity contribution in [3.63, 3.8) is 0 Å². The summed E-state index contributed by atoms with van der Waals surface area (Å²) in [4.78, 5) is 27.8. The largest absolute Gasteiger partial charge is 0.383 e. The number of nitrogens with zero attached hydrogens (tertiary/aromatic N) is 1. The summed E-state index contributed by atoms with van der Waals surface area (Å²) < 4.78 is 5.07. The quantitative estimate of drug-likeness (QED) is 0.681. The van der Waals surface area contributed by atoms with Crippen LogP contribution in [0.15, 0.2) is 53.4 Å². The van der Waals surface area contributed by atoms with Crippen LogP contribution < -0.4 is 0 Å². The minimum absolute atomic E-state index is 0.230. The highest BCUT2D eigenvalue weighted by atomic mass is 32.2. The molecule has 2 amide bonds. The number of aryl methyl sites for hydroxylation is 2. The van der Waals surface area contributed by atoms with Crippen LogP contribution in [0, 0.1) is 13.8 Å². The van der Waals surface area contributed by atoms with Crippen molar-refractivity contribution in [2.75, 3.05) is 20.3 Å². The normalized spacial score (nSPS) is 14.4. The lowest BCUT2D eigenvalue weighted by Crippen LogP contribution is -2.34. The van der Waals surface area contributed by atoms with Crippen LogP contribution in [0.2, 0.25) is 0 Å². The Morgan fingerprint density at radius 3 is 2.37 bits per heavy atom. The summed E-state index contributed by atoms with van der Waals surface area (Å²) in [5, 5.41) is 0. The molecular weight excluding hydrogens is 358 g/mol. The van der Waals surface area contributed by atoms with E-state index in [4.69, 9.17) is 4.74 Å². The molecule has 1 aliphatic rings. The molecule has 0 saturated heterocycles. The van der Waals surface area contributed by atoms with Gasteiger partial charge in [-0.25, -0.2) is 0 Å². The maximum Gasteiger partial charge on any atom is 0.268 e. The standard InChI is InChI=1S/C22H23NO3S/c1-15-9-10-18(13-16(15)2)19-20(27-14-17-7-5-4-6-8-17)22(25)23(21(19)24)11-12-26-3/h4-10,13H,11-12,14H2,1-3H3. The average molecular weight is 381 g/mol. The highest BCUT2D eigenvalue weighted by Gasteiger charge is 2.38. The number of hydrogen-bond acceptors (Lipinski definition) is 4. The first kappa shape index (κ1) is 19.4. The number of imide groups is 1. The van der Waals surface area contributed by atoms with Crippen molar-refractivity contribution in [3.05, 3.63) is 75.7 Å². The van der Waals surface area contributed by atoms with Crippen LogP contribution in [-0.4, -0.2) is 37.0 Å². The number of ether oxygens (including phenoxy) is 1. The molecule has 0 saturated carbocycles. The zero-order valence-electron chi connectivity index (χ0n) is 15.8. The molecule has 0 unspecified atom stereocenters. The zero-order valence-corrected chi connectivity index (χ0v) is 16.6. The smallest absolute Gasteiger partial charge is 0.268 e. The molecule has 1 aliphatic heterocycles. The third-order valence-corrected chi connectivity index (χ3v) is 5.81. The lowest BCUT2D eigenvalue weighted by Gasteiger charge is -2.14. The summed E-state index contributed by atoms with van der Waals surface area (Å²) in [5.74, 6) is 0.170.